The number of hydrogen-bond acceptors (Lipinski definition) is 6. The van der Waals surface area contributed by atoms with Crippen molar-refractivity contribution in [2.45, 2.75) is 77.5 Å². The van der Waals surface area contributed by atoms with Gasteiger partial charge in [0.1, 0.15) is 11.8 Å². The molecule has 0 unspecified atom stereocenters. The van der Waals surface area contributed by atoms with E-state index in [9.17, 15) is 14.7 Å². The number of nitrogens with zero attached hydrogens (tertiary/aromatic N) is 3. The first-order chi connectivity index (χ1) is 20.6. The van der Waals surface area contributed by atoms with Crippen LogP contribution in [-0.4, -0.2) is 79.2 Å². The number of aliphatic carboxylic acids is 1. The largest absolute Gasteiger partial charge is 0.496 e. The lowest BCUT2D eigenvalue weighted by atomic mass is 9.72. The molecule has 0 radical (unpaired) electrons. The number of carbonyl (C=O) groups excluding carboxylic acids is 1. The summed E-state index contributed by atoms with van der Waals surface area (Å²) >= 11 is 0. The van der Waals surface area contributed by atoms with E-state index in [-0.39, 0.29) is 29.2 Å². The molecule has 43 heavy (non-hydrogen) atoms. The van der Waals surface area contributed by atoms with Gasteiger partial charge in [-0.15, -0.1) is 0 Å². The first kappa shape index (κ1) is 31.3. The monoisotopic (exact) mass is 590 g/mol. The molecule has 8 heteroatoms. The van der Waals surface area contributed by atoms with E-state index in [2.05, 4.69) is 55.1 Å². The van der Waals surface area contributed by atoms with Gasteiger partial charge in [-0.2, -0.15) is 0 Å². The predicted octanol–water partition coefficient (Wildman–Crippen LogP) is 5.18. The smallest absolute Gasteiger partial charge is 0.326 e. The highest BCUT2D eigenvalue weighted by Crippen LogP contribution is 2.49. The maximum absolute atomic E-state index is 14.3. The number of anilines is 1. The van der Waals surface area contributed by atoms with E-state index in [4.69, 9.17) is 4.74 Å². The van der Waals surface area contributed by atoms with Crippen molar-refractivity contribution in [2.24, 2.45) is 17.3 Å². The summed E-state index contributed by atoms with van der Waals surface area (Å²) in [5, 5.41) is 14.6. The van der Waals surface area contributed by atoms with Crippen molar-refractivity contribution in [1.82, 2.24) is 15.1 Å². The summed E-state index contributed by atoms with van der Waals surface area (Å²) in [7, 11) is 3.85. The highest BCUT2D eigenvalue weighted by Gasteiger charge is 2.58. The van der Waals surface area contributed by atoms with Crippen LogP contribution in [0.3, 0.4) is 0 Å². The van der Waals surface area contributed by atoms with Crippen LogP contribution in [0.5, 0.6) is 5.75 Å². The first-order valence-electron chi connectivity index (χ1n) is 16.0. The molecular formula is C35H50N4O4. The molecule has 2 aromatic carbocycles. The fraction of sp³-hybridized carbons (Fsp3) is 0.600. The van der Waals surface area contributed by atoms with E-state index in [1.165, 1.54) is 5.69 Å². The topological polar surface area (TPSA) is 85.3 Å². The molecule has 0 spiro atoms. The maximum Gasteiger partial charge on any atom is 0.326 e. The molecule has 2 saturated heterocycles. The Balaban J connectivity index is 1.53. The fourth-order valence-corrected chi connectivity index (χ4v) is 7.68. The maximum atomic E-state index is 14.3. The van der Waals surface area contributed by atoms with Gasteiger partial charge in [0.25, 0.3) is 0 Å². The van der Waals surface area contributed by atoms with Gasteiger partial charge < -0.3 is 29.9 Å². The average molecular weight is 591 g/mol. The van der Waals surface area contributed by atoms with Crippen molar-refractivity contribution in [3.8, 4) is 5.75 Å². The summed E-state index contributed by atoms with van der Waals surface area (Å²) in [5.74, 6) is -0.564. The van der Waals surface area contributed by atoms with E-state index >= 15 is 0 Å². The third-order valence-corrected chi connectivity index (χ3v) is 9.93. The molecular weight excluding hydrogens is 540 g/mol. The number of piperazine rings is 1. The van der Waals surface area contributed by atoms with Crippen LogP contribution >= 0.6 is 0 Å². The third-order valence-electron chi connectivity index (χ3n) is 9.93. The molecule has 1 saturated carbocycles. The van der Waals surface area contributed by atoms with Crippen molar-refractivity contribution < 1.29 is 19.4 Å². The minimum absolute atomic E-state index is 0.00542. The van der Waals surface area contributed by atoms with Gasteiger partial charge in [-0.05, 0) is 49.1 Å². The fourth-order valence-electron chi connectivity index (χ4n) is 7.68. The molecule has 2 heterocycles. The van der Waals surface area contributed by atoms with Crippen molar-refractivity contribution in [3.63, 3.8) is 0 Å². The Morgan fingerprint density at radius 2 is 1.65 bits per heavy atom. The van der Waals surface area contributed by atoms with Crippen LogP contribution in [0.4, 0.5) is 5.69 Å². The van der Waals surface area contributed by atoms with Crippen molar-refractivity contribution in [3.05, 3.63) is 59.7 Å². The molecule has 2 aromatic rings. The number of likely N-dealkylation sites (tertiary alicyclic amines) is 1. The number of hydrogen-bond donors (Lipinski definition) is 2. The summed E-state index contributed by atoms with van der Waals surface area (Å²) in [4.78, 5) is 34.0. The minimum atomic E-state index is -0.927. The van der Waals surface area contributed by atoms with E-state index in [1.807, 2.05) is 36.4 Å². The van der Waals surface area contributed by atoms with Gasteiger partial charge in [0, 0.05) is 61.9 Å². The molecule has 234 valence electrons. The van der Waals surface area contributed by atoms with Crippen LogP contribution in [0.15, 0.2) is 48.5 Å². The Morgan fingerprint density at radius 3 is 2.26 bits per heavy atom. The second kappa shape index (κ2) is 13.3. The number of likely N-dealkylation sites (N-methyl/N-ethyl adjacent to an activating group) is 1. The second-order valence-electron chi connectivity index (χ2n) is 13.8. The number of carboxylic acid groups (broad SMARTS) is 1. The van der Waals surface area contributed by atoms with Crippen LogP contribution < -0.4 is 15.0 Å². The molecule has 1 aliphatic carbocycles. The number of ether oxygens (including phenoxy) is 1. The SMILES string of the molecule is COc1ccc(N2CCN(C)CC2)cc1CN[C@H]1[C@H](C(C)(C)C)[C@@H](C(=O)O)N(C(=O)C2CCCCC2)[C@H]1c1ccccc1. The summed E-state index contributed by atoms with van der Waals surface area (Å²) < 4.78 is 5.80. The molecule has 2 aliphatic heterocycles. The van der Waals surface area contributed by atoms with Crippen LogP contribution in [-0.2, 0) is 16.1 Å². The Morgan fingerprint density at radius 1 is 0.977 bits per heavy atom. The quantitative estimate of drug-likeness (QED) is 0.438. The van der Waals surface area contributed by atoms with E-state index < -0.39 is 18.1 Å². The standard InChI is InChI=1S/C35H50N4O4/c1-35(2,3)29-30(36-23-26-22-27(16-17-28(26)43-5)38-20-18-37(4)19-21-38)31(24-12-8-6-9-13-24)39(32(29)34(41)42)33(40)25-14-10-7-11-15-25/h6,8-9,12-13,16-17,22,25,29-32,36H,7,10-11,14-15,18-21,23H2,1-5H3,(H,41,42)/t29-,30-,31-,32-/m0/s1. The van der Waals surface area contributed by atoms with Gasteiger partial charge in [0.05, 0.1) is 13.2 Å². The van der Waals surface area contributed by atoms with Crippen LogP contribution in [0.2, 0.25) is 0 Å². The Kier molecular flexibility index (Phi) is 9.67. The van der Waals surface area contributed by atoms with Crippen LogP contribution in [0, 0.1) is 17.3 Å². The molecule has 3 fully saturated rings. The Labute approximate surface area is 257 Å². The van der Waals surface area contributed by atoms with Gasteiger partial charge in [-0.3, -0.25) is 4.79 Å². The van der Waals surface area contributed by atoms with Gasteiger partial charge in [-0.1, -0.05) is 70.4 Å². The molecule has 1 amide bonds. The Hall–Kier alpha value is -3.10. The average Bonchev–Trinajstić information content (AvgIpc) is 3.37. The zero-order chi connectivity index (χ0) is 30.7. The van der Waals surface area contributed by atoms with Crippen LogP contribution in [0.25, 0.3) is 0 Å². The highest BCUT2D eigenvalue weighted by atomic mass is 16.5. The minimum Gasteiger partial charge on any atom is -0.496 e. The van der Waals surface area contributed by atoms with Crippen molar-refractivity contribution in [2.75, 3.05) is 45.2 Å². The number of rotatable bonds is 8. The van der Waals surface area contributed by atoms with E-state index in [0.29, 0.717) is 6.54 Å². The summed E-state index contributed by atoms with van der Waals surface area (Å²) in [5.41, 5.74) is 2.80. The normalized spacial score (nSPS) is 25.6. The number of carbonyl (C=O) groups is 2. The number of amides is 1. The third kappa shape index (κ3) is 6.70. The van der Waals surface area contributed by atoms with Gasteiger partial charge >= 0.3 is 5.97 Å². The Bertz CT molecular complexity index is 1250. The zero-order valence-electron chi connectivity index (χ0n) is 26.6. The molecule has 5 rings (SSSR count). The van der Waals surface area contributed by atoms with E-state index in [1.54, 1.807) is 12.0 Å². The van der Waals surface area contributed by atoms with Gasteiger partial charge in [-0.25, -0.2) is 4.79 Å². The lowest BCUT2D eigenvalue weighted by Crippen LogP contribution is -2.49. The van der Waals surface area contributed by atoms with Gasteiger partial charge in [0.2, 0.25) is 5.91 Å². The second-order valence-corrected chi connectivity index (χ2v) is 13.8. The molecule has 4 atom stereocenters. The molecule has 8 nitrogen and oxygen atoms in total. The zero-order valence-corrected chi connectivity index (χ0v) is 26.6. The summed E-state index contributed by atoms with van der Waals surface area (Å²) in [6.45, 7) is 10.8. The van der Waals surface area contributed by atoms with Crippen LogP contribution in [0.1, 0.15) is 70.0 Å². The van der Waals surface area contributed by atoms with Crippen molar-refractivity contribution >= 4 is 17.6 Å². The number of benzene rings is 2. The first-order valence-corrected chi connectivity index (χ1v) is 16.0. The van der Waals surface area contributed by atoms with Crippen molar-refractivity contribution in [1.29, 1.82) is 0 Å². The summed E-state index contributed by atoms with van der Waals surface area (Å²) in [6.07, 6.45) is 4.84. The van der Waals surface area contributed by atoms with E-state index in [0.717, 1.165) is 75.2 Å². The molecule has 0 aromatic heterocycles. The highest BCUT2D eigenvalue weighted by molar-refractivity contribution is 5.87. The number of carboxylic acids is 1. The number of nitrogens with one attached hydrogen (secondary N) is 1. The molecule has 0 bridgehead atoms. The van der Waals surface area contributed by atoms with Gasteiger partial charge in [0.15, 0.2) is 0 Å². The lowest BCUT2D eigenvalue weighted by Gasteiger charge is -2.36. The predicted molar refractivity (Wildman–Crippen MR) is 170 cm³/mol. The number of methoxy groups -OCH3 is 1. The molecule has 2 N–H and O–H groups in total. The molecule has 3 aliphatic rings. The lowest BCUT2D eigenvalue weighted by molar-refractivity contribution is -0.154. The summed E-state index contributed by atoms with van der Waals surface area (Å²) in [6, 6.07) is 14.8.